The van der Waals surface area contributed by atoms with Crippen LogP contribution in [0, 0.1) is 5.92 Å². The van der Waals surface area contributed by atoms with Gasteiger partial charge in [-0.1, -0.05) is 54.4 Å². The number of nitrogens with zero attached hydrogens (tertiary/aromatic N) is 3. The van der Waals surface area contributed by atoms with Crippen molar-refractivity contribution in [3.05, 3.63) is 64.3 Å². The molecule has 2 aromatic carbocycles. The van der Waals surface area contributed by atoms with E-state index in [1.54, 1.807) is 22.9 Å². The Labute approximate surface area is 191 Å². The van der Waals surface area contributed by atoms with Gasteiger partial charge in [-0.15, -0.1) is 0 Å². The second kappa shape index (κ2) is 9.30. The van der Waals surface area contributed by atoms with E-state index in [0.29, 0.717) is 33.1 Å². The number of piperidine rings is 1. The number of halogens is 2. The second-order valence-electron chi connectivity index (χ2n) is 7.71. The zero-order chi connectivity index (χ0) is 22.0. The highest BCUT2D eigenvalue weighted by Crippen LogP contribution is 2.37. The van der Waals surface area contributed by atoms with Crippen LogP contribution in [-0.2, 0) is 0 Å². The number of carbonyl (C=O) groups is 1. The molecule has 0 bridgehead atoms. The first-order valence-electron chi connectivity index (χ1n) is 10.2. The van der Waals surface area contributed by atoms with Gasteiger partial charge in [-0.3, -0.25) is 10.2 Å². The number of hydrazine groups is 1. The maximum atomic E-state index is 13.2. The van der Waals surface area contributed by atoms with E-state index in [4.69, 9.17) is 27.9 Å². The fourth-order valence-electron chi connectivity index (χ4n) is 3.72. The molecule has 1 aliphatic heterocycles. The molecule has 8 heteroatoms. The number of nitrogens with one attached hydrogen (secondary N) is 1. The normalized spacial score (nSPS) is 15.1. The smallest absolute Gasteiger partial charge is 0.289 e. The van der Waals surface area contributed by atoms with E-state index in [1.807, 2.05) is 35.3 Å². The molecular formula is C23H24Cl2N4O2. The molecule has 1 aliphatic rings. The van der Waals surface area contributed by atoms with E-state index in [9.17, 15) is 4.79 Å². The molecular weight excluding hydrogens is 435 g/mol. The van der Waals surface area contributed by atoms with Crippen LogP contribution in [0.3, 0.4) is 0 Å². The Morgan fingerprint density at radius 1 is 1.10 bits per heavy atom. The lowest BCUT2D eigenvalue weighted by atomic mass is 10.0. The molecule has 0 aliphatic carbocycles. The highest BCUT2D eigenvalue weighted by atomic mass is 35.5. The van der Waals surface area contributed by atoms with Crippen LogP contribution in [0.25, 0.3) is 16.9 Å². The number of benzene rings is 2. The number of methoxy groups -OCH3 is 1. The van der Waals surface area contributed by atoms with E-state index in [1.165, 1.54) is 7.11 Å². The monoisotopic (exact) mass is 458 g/mol. The van der Waals surface area contributed by atoms with Crippen LogP contribution in [-0.4, -0.2) is 40.9 Å². The molecule has 0 atom stereocenters. The number of carbonyl (C=O) groups excluding carboxylic acids is 1. The van der Waals surface area contributed by atoms with Crippen molar-refractivity contribution in [1.82, 2.24) is 20.2 Å². The van der Waals surface area contributed by atoms with Crippen molar-refractivity contribution in [3.8, 4) is 22.7 Å². The molecule has 4 rings (SSSR count). The molecule has 31 heavy (non-hydrogen) atoms. The summed E-state index contributed by atoms with van der Waals surface area (Å²) in [5.74, 6) is 0.733. The second-order valence-corrected chi connectivity index (χ2v) is 8.55. The Morgan fingerprint density at radius 2 is 1.77 bits per heavy atom. The van der Waals surface area contributed by atoms with E-state index in [0.717, 1.165) is 31.5 Å². The molecule has 1 aromatic heterocycles. The molecule has 0 unspecified atom stereocenters. The fraction of sp³-hybridized carbons (Fsp3) is 0.304. The van der Waals surface area contributed by atoms with Crippen molar-refractivity contribution in [3.63, 3.8) is 0 Å². The molecule has 1 N–H and O–H groups in total. The molecule has 162 valence electrons. The standard InChI is InChI=1S/C23H24Cl2N4O2/c1-15-11-13-28(14-12-15)27-23(30)20-22(31-2)21(16-7-9-17(24)10-8-16)29(26-20)19-6-4-3-5-18(19)25/h3-10,15H,11-14H2,1-2H3,(H,27,30). The van der Waals surface area contributed by atoms with Gasteiger partial charge in [-0.05, 0) is 43.0 Å². The number of rotatable bonds is 5. The number of aromatic nitrogens is 2. The van der Waals surface area contributed by atoms with E-state index in [2.05, 4.69) is 17.4 Å². The summed E-state index contributed by atoms with van der Waals surface area (Å²) in [7, 11) is 1.53. The first kappa shape index (κ1) is 21.7. The van der Waals surface area contributed by atoms with Gasteiger partial charge in [0.2, 0.25) is 0 Å². The van der Waals surface area contributed by atoms with Crippen LogP contribution in [0.5, 0.6) is 5.75 Å². The summed E-state index contributed by atoms with van der Waals surface area (Å²) in [5, 5.41) is 7.70. The molecule has 1 fully saturated rings. The van der Waals surface area contributed by atoms with Crippen LogP contribution in [0.1, 0.15) is 30.3 Å². The molecule has 0 saturated carbocycles. The van der Waals surface area contributed by atoms with Crippen molar-refractivity contribution >= 4 is 29.1 Å². The van der Waals surface area contributed by atoms with Crippen molar-refractivity contribution in [1.29, 1.82) is 0 Å². The lowest BCUT2D eigenvalue weighted by Gasteiger charge is -2.30. The summed E-state index contributed by atoms with van der Waals surface area (Å²) in [5.41, 5.74) is 5.27. The largest absolute Gasteiger partial charge is 0.492 e. The first-order chi connectivity index (χ1) is 15.0. The van der Waals surface area contributed by atoms with Crippen LogP contribution < -0.4 is 10.2 Å². The zero-order valence-electron chi connectivity index (χ0n) is 17.4. The Kier molecular flexibility index (Phi) is 6.51. The maximum absolute atomic E-state index is 13.2. The summed E-state index contributed by atoms with van der Waals surface area (Å²) in [6, 6.07) is 14.7. The van der Waals surface area contributed by atoms with Gasteiger partial charge >= 0.3 is 0 Å². The van der Waals surface area contributed by atoms with Gasteiger partial charge in [0.15, 0.2) is 11.4 Å². The summed E-state index contributed by atoms with van der Waals surface area (Å²) < 4.78 is 7.34. The van der Waals surface area contributed by atoms with E-state index in [-0.39, 0.29) is 11.6 Å². The predicted octanol–water partition coefficient (Wildman–Crippen LogP) is 5.23. The topological polar surface area (TPSA) is 59.4 Å². The van der Waals surface area contributed by atoms with Gasteiger partial charge in [-0.25, -0.2) is 9.69 Å². The average molecular weight is 459 g/mol. The number of amides is 1. The Balaban J connectivity index is 1.79. The minimum Gasteiger partial charge on any atom is -0.492 e. The lowest BCUT2D eigenvalue weighted by molar-refractivity contribution is 0.0703. The highest BCUT2D eigenvalue weighted by molar-refractivity contribution is 6.32. The first-order valence-corrected chi connectivity index (χ1v) is 11.0. The van der Waals surface area contributed by atoms with Gasteiger partial charge in [-0.2, -0.15) is 5.10 Å². The number of ether oxygens (including phenoxy) is 1. The molecule has 3 aromatic rings. The average Bonchev–Trinajstić information content (AvgIpc) is 3.16. The summed E-state index contributed by atoms with van der Waals surface area (Å²) >= 11 is 12.6. The third kappa shape index (κ3) is 4.56. The minimum atomic E-state index is -0.313. The quantitative estimate of drug-likeness (QED) is 0.568. The lowest BCUT2D eigenvalue weighted by Crippen LogP contribution is -2.46. The number of hydrogen-bond acceptors (Lipinski definition) is 4. The zero-order valence-corrected chi connectivity index (χ0v) is 19.0. The summed E-state index contributed by atoms with van der Waals surface area (Å²) in [4.78, 5) is 13.2. The maximum Gasteiger partial charge on any atom is 0.289 e. The summed E-state index contributed by atoms with van der Waals surface area (Å²) in [6.45, 7) is 3.85. The number of hydrogen-bond donors (Lipinski definition) is 1. The number of para-hydroxylation sites is 1. The van der Waals surface area contributed by atoms with Crippen molar-refractivity contribution in [2.75, 3.05) is 20.2 Å². The van der Waals surface area contributed by atoms with Crippen molar-refractivity contribution < 1.29 is 9.53 Å². The Hall–Kier alpha value is -2.54. The van der Waals surface area contributed by atoms with E-state index >= 15 is 0 Å². The van der Waals surface area contributed by atoms with Gasteiger partial charge in [0.25, 0.3) is 5.91 Å². The van der Waals surface area contributed by atoms with Crippen molar-refractivity contribution in [2.24, 2.45) is 5.92 Å². The SMILES string of the molecule is COc1c(C(=O)NN2CCC(C)CC2)nn(-c2ccccc2Cl)c1-c1ccc(Cl)cc1. The van der Waals surface area contributed by atoms with Gasteiger partial charge in [0.05, 0.1) is 17.8 Å². The molecule has 1 saturated heterocycles. The van der Waals surface area contributed by atoms with Crippen LogP contribution in [0.4, 0.5) is 0 Å². The van der Waals surface area contributed by atoms with Crippen LogP contribution in [0.15, 0.2) is 48.5 Å². The fourth-order valence-corrected chi connectivity index (χ4v) is 4.06. The van der Waals surface area contributed by atoms with Crippen LogP contribution >= 0.6 is 23.2 Å². The molecule has 1 amide bonds. The van der Waals surface area contributed by atoms with Gasteiger partial charge < -0.3 is 4.74 Å². The third-order valence-corrected chi connectivity index (χ3v) is 6.07. The highest BCUT2D eigenvalue weighted by Gasteiger charge is 2.28. The Morgan fingerprint density at radius 3 is 2.42 bits per heavy atom. The Bertz CT molecular complexity index is 1070. The van der Waals surface area contributed by atoms with Gasteiger partial charge in [0.1, 0.15) is 5.69 Å². The summed E-state index contributed by atoms with van der Waals surface area (Å²) in [6.07, 6.45) is 2.09. The van der Waals surface area contributed by atoms with Gasteiger partial charge in [0, 0.05) is 23.7 Å². The molecule has 2 heterocycles. The molecule has 0 radical (unpaired) electrons. The molecule has 6 nitrogen and oxygen atoms in total. The van der Waals surface area contributed by atoms with E-state index < -0.39 is 0 Å². The molecule has 0 spiro atoms. The predicted molar refractivity (Wildman–Crippen MR) is 123 cm³/mol. The third-order valence-electron chi connectivity index (χ3n) is 5.50. The van der Waals surface area contributed by atoms with Crippen LogP contribution in [0.2, 0.25) is 10.0 Å². The van der Waals surface area contributed by atoms with Crippen molar-refractivity contribution in [2.45, 2.75) is 19.8 Å². The minimum absolute atomic E-state index is 0.200.